The molecule has 0 fully saturated rings. The van der Waals surface area contributed by atoms with Crippen LogP contribution in [0.25, 0.3) is 0 Å². The van der Waals surface area contributed by atoms with Gasteiger partial charge < -0.3 is 10.2 Å². The molecule has 6 nitrogen and oxygen atoms in total. The van der Waals surface area contributed by atoms with Crippen molar-refractivity contribution in [2.24, 2.45) is 0 Å². The van der Waals surface area contributed by atoms with Gasteiger partial charge in [-0.05, 0) is 14.0 Å². The Morgan fingerprint density at radius 2 is 1.85 bits per heavy atom. The van der Waals surface area contributed by atoms with Crippen molar-refractivity contribution in [2.45, 2.75) is 19.3 Å². The summed E-state index contributed by atoms with van der Waals surface area (Å²) in [6.07, 6.45) is -2.09. The van der Waals surface area contributed by atoms with Crippen LogP contribution in [0.4, 0.5) is 0 Å². The smallest absolute Gasteiger partial charge is 0.266 e. The number of hydrogen-bond acceptors (Lipinski definition) is 5. The molecule has 13 heavy (non-hydrogen) atoms. The molecule has 0 amide bonds. The van der Waals surface area contributed by atoms with E-state index in [1.54, 1.807) is 0 Å². The van der Waals surface area contributed by atoms with Crippen LogP contribution in [0.2, 0.25) is 0 Å². The Morgan fingerprint density at radius 3 is 2.15 bits per heavy atom. The molecule has 0 radical (unpaired) electrons. The summed E-state index contributed by atoms with van der Waals surface area (Å²) >= 11 is 0. The lowest BCUT2D eigenvalue weighted by Crippen LogP contribution is -2.41. The second-order valence-corrected chi connectivity index (χ2v) is 4.49. The van der Waals surface area contributed by atoms with Crippen LogP contribution < -0.4 is 0 Å². The van der Waals surface area contributed by atoms with Gasteiger partial charge in [0.1, 0.15) is 6.23 Å². The van der Waals surface area contributed by atoms with Gasteiger partial charge >= 0.3 is 0 Å². The molecule has 0 aliphatic rings. The Hall–Kier alpha value is -0.210. The van der Waals surface area contributed by atoms with Crippen LogP contribution >= 0.6 is 0 Å². The predicted molar refractivity (Wildman–Crippen MR) is 46.7 cm³/mol. The molecule has 0 spiro atoms. The highest BCUT2D eigenvalue weighted by molar-refractivity contribution is 7.85. The number of rotatable bonds is 5. The van der Waals surface area contributed by atoms with Gasteiger partial charge in [-0.1, -0.05) is 0 Å². The van der Waals surface area contributed by atoms with Gasteiger partial charge in [0.05, 0.1) is 11.9 Å². The van der Waals surface area contributed by atoms with Crippen molar-refractivity contribution in [3.8, 4) is 0 Å². The lowest BCUT2D eigenvalue weighted by molar-refractivity contribution is -0.0616. The van der Waals surface area contributed by atoms with E-state index in [9.17, 15) is 13.5 Å². The first-order valence-corrected chi connectivity index (χ1v) is 5.36. The molecule has 0 aromatic carbocycles. The van der Waals surface area contributed by atoms with Crippen LogP contribution in [-0.2, 0) is 10.1 Å². The maximum Gasteiger partial charge on any atom is 0.266 e. The number of hydrogen-bond donors (Lipinski definition) is 3. The first kappa shape index (κ1) is 12.8. The minimum absolute atomic E-state index is 0.0368. The molecule has 0 saturated carbocycles. The fraction of sp³-hybridized carbons (Fsp3) is 1.00. The Labute approximate surface area is 77.5 Å². The van der Waals surface area contributed by atoms with Crippen LogP contribution in [-0.4, -0.2) is 59.8 Å². The Balaban J connectivity index is 3.95. The van der Waals surface area contributed by atoms with Crippen LogP contribution in [0.15, 0.2) is 0 Å². The van der Waals surface area contributed by atoms with Crippen LogP contribution in [0.5, 0.6) is 0 Å². The zero-order valence-corrected chi connectivity index (χ0v) is 8.40. The van der Waals surface area contributed by atoms with Gasteiger partial charge in [-0.3, -0.25) is 9.45 Å². The maximum atomic E-state index is 10.3. The Morgan fingerprint density at radius 1 is 1.38 bits per heavy atom. The van der Waals surface area contributed by atoms with Crippen molar-refractivity contribution in [2.75, 3.05) is 19.3 Å². The molecule has 0 aliphatic carbocycles. The third-order valence-electron chi connectivity index (χ3n) is 1.59. The van der Waals surface area contributed by atoms with Crippen molar-refractivity contribution >= 4 is 10.1 Å². The van der Waals surface area contributed by atoms with Crippen molar-refractivity contribution in [3.05, 3.63) is 0 Å². The Kier molecular flexibility index (Phi) is 4.79. The van der Waals surface area contributed by atoms with Gasteiger partial charge in [0.2, 0.25) is 0 Å². The molecule has 80 valence electrons. The fourth-order valence-corrected chi connectivity index (χ4v) is 1.28. The fourth-order valence-electron chi connectivity index (χ4n) is 0.760. The first-order valence-electron chi connectivity index (χ1n) is 3.75. The number of likely N-dealkylation sites (N-methyl/N-ethyl adjacent to an activating group) is 1. The average molecular weight is 213 g/mol. The van der Waals surface area contributed by atoms with E-state index in [1.807, 2.05) is 0 Å². The molecule has 7 heteroatoms. The summed E-state index contributed by atoms with van der Waals surface area (Å²) in [4.78, 5) is 1.23. The second-order valence-electron chi connectivity index (χ2n) is 2.92. The summed E-state index contributed by atoms with van der Waals surface area (Å²) in [5, 5.41) is 18.1. The van der Waals surface area contributed by atoms with Crippen molar-refractivity contribution < 1.29 is 23.2 Å². The number of aliphatic hydroxyl groups excluding tert-OH is 2. The number of nitrogens with zero attached hydrogens (tertiary/aromatic N) is 1. The summed E-state index contributed by atoms with van der Waals surface area (Å²) in [6, 6.07) is 0. The number of aliphatic hydroxyl groups is 2. The zero-order valence-electron chi connectivity index (χ0n) is 7.58. The zero-order chi connectivity index (χ0) is 10.6. The summed E-state index contributed by atoms with van der Waals surface area (Å²) in [7, 11) is -2.57. The minimum atomic E-state index is -4.01. The summed E-state index contributed by atoms with van der Waals surface area (Å²) in [5.74, 6) is -0.465. The lowest BCUT2D eigenvalue weighted by atomic mass is 10.3. The van der Waals surface area contributed by atoms with Crippen LogP contribution in [0.3, 0.4) is 0 Å². The molecule has 0 bridgehead atoms. The van der Waals surface area contributed by atoms with Crippen molar-refractivity contribution in [1.82, 2.24) is 4.90 Å². The van der Waals surface area contributed by atoms with Gasteiger partial charge in [0.15, 0.2) is 0 Å². The molecular formula is C6H15NO5S. The largest absolute Gasteiger partial charge is 0.389 e. The van der Waals surface area contributed by atoms with Gasteiger partial charge in [0.25, 0.3) is 10.1 Å². The molecule has 0 aliphatic heterocycles. The quantitative estimate of drug-likeness (QED) is 0.380. The van der Waals surface area contributed by atoms with E-state index >= 15 is 0 Å². The van der Waals surface area contributed by atoms with E-state index in [0.29, 0.717) is 0 Å². The molecular weight excluding hydrogens is 198 g/mol. The molecule has 0 heterocycles. The van der Waals surface area contributed by atoms with Crippen molar-refractivity contribution in [3.63, 3.8) is 0 Å². The molecule has 2 unspecified atom stereocenters. The molecule has 3 N–H and O–H groups in total. The van der Waals surface area contributed by atoms with E-state index in [0.717, 1.165) is 0 Å². The third-order valence-corrected chi connectivity index (χ3v) is 2.28. The van der Waals surface area contributed by atoms with E-state index < -0.39 is 28.2 Å². The van der Waals surface area contributed by atoms with Crippen LogP contribution in [0, 0.1) is 0 Å². The summed E-state index contributed by atoms with van der Waals surface area (Å²) in [5.41, 5.74) is 0. The van der Waals surface area contributed by atoms with E-state index in [4.69, 9.17) is 9.66 Å². The highest BCUT2D eigenvalue weighted by atomic mass is 32.2. The van der Waals surface area contributed by atoms with Gasteiger partial charge in [-0.25, -0.2) is 0 Å². The normalized spacial score (nSPS) is 17.4. The second kappa shape index (κ2) is 4.87. The standard InChI is InChI=1S/C6H15NO5S/c1-5(8)6(9)7(2)3-4-13(10,11)12/h5-6,8-9H,3-4H2,1-2H3,(H,10,11,12). The highest BCUT2D eigenvalue weighted by Crippen LogP contribution is 1.98. The van der Waals surface area contributed by atoms with Gasteiger partial charge in [0, 0.05) is 6.54 Å². The molecule has 2 atom stereocenters. The van der Waals surface area contributed by atoms with Crippen LogP contribution in [0.1, 0.15) is 6.92 Å². The monoisotopic (exact) mass is 213 g/mol. The molecule has 0 aromatic heterocycles. The maximum absolute atomic E-state index is 10.3. The predicted octanol–water partition coefficient (Wildman–Crippen LogP) is -1.49. The Bertz CT molecular complexity index is 237. The summed E-state index contributed by atoms with van der Waals surface area (Å²) in [6.45, 7) is 1.35. The van der Waals surface area contributed by atoms with E-state index in [-0.39, 0.29) is 6.54 Å². The van der Waals surface area contributed by atoms with E-state index in [2.05, 4.69) is 0 Å². The molecule has 0 rings (SSSR count). The molecule has 0 saturated heterocycles. The average Bonchev–Trinajstić information content (AvgIpc) is 1.97. The van der Waals surface area contributed by atoms with Gasteiger partial charge in [-0.2, -0.15) is 8.42 Å². The summed E-state index contributed by atoms with van der Waals surface area (Å²) < 4.78 is 29.0. The third kappa shape index (κ3) is 5.94. The highest BCUT2D eigenvalue weighted by Gasteiger charge is 2.17. The minimum Gasteiger partial charge on any atom is -0.389 e. The molecule has 0 aromatic rings. The topological polar surface area (TPSA) is 98.1 Å². The SMILES string of the molecule is CC(O)C(O)N(C)CCS(=O)(=O)O. The van der Waals surface area contributed by atoms with Gasteiger partial charge in [-0.15, -0.1) is 0 Å². The van der Waals surface area contributed by atoms with E-state index in [1.165, 1.54) is 18.9 Å². The lowest BCUT2D eigenvalue weighted by Gasteiger charge is -2.24. The van der Waals surface area contributed by atoms with Crippen molar-refractivity contribution in [1.29, 1.82) is 0 Å². The first-order chi connectivity index (χ1) is 5.74.